The van der Waals surface area contributed by atoms with Crippen molar-refractivity contribution in [1.82, 2.24) is 0 Å². The summed E-state index contributed by atoms with van der Waals surface area (Å²) in [4.78, 5) is 28.1. The molecule has 0 aliphatic carbocycles. The molecule has 0 radical (unpaired) electrons. The van der Waals surface area contributed by atoms with Gasteiger partial charge in [0.1, 0.15) is 5.75 Å². The van der Waals surface area contributed by atoms with Gasteiger partial charge in [0.2, 0.25) is 0 Å². The molecule has 2 aromatic rings. The molecule has 25 heavy (non-hydrogen) atoms. The third kappa shape index (κ3) is 2.50. The Bertz CT molecular complexity index is 818. The van der Waals surface area contributed by atoms with Gasteiger partial charge in [-0.15, -0.1) is 0 Å². The molecule has 3 rings (SSSR count). The van der Waals surface area contributed by atoms with Gasteiger partial charge >= 0.3 is 5.97 Å². The predicted molar refractivity (Wildman–Crippen MR) is 95.2 cm³/mol. The van der Waals surface area contributed by atoms with Gasteiger partial charge in [0, 0.05) is 31.0 Å². The Balaban J connectivity index is 2.17. The number of nitrogens with zero attached hydrogens (tertiary/aromatic N) is 2. The van der Waals surface area contributed by atoms with Gasteiger partial charge in [-0.2, -0.15) is 0 Å². The van der Waals surface area contributed by atoms with Gasteiger partial charge in [0.05, 0.1) is 13.5 Å². The minimum absolute atomic E-state index is 0.255. The number of rotatable bonds is 5. The predicted octanol–water partition coefficient (Wildman–Crippen LogP) is 2.48. The van der Waals surface area contributed by atoms with Gasteiger partial charge in [0.25, 0.3) is 5.91 Å². The Morgan fingerprint density at radius 3 is 2.44 bits per heavy atom. The molecule has 6 nitrogen and oxygen atoms in total. The second kappa shape index (κ2) is 6.12. The van der Waals surface area contributed by atoms with E-state index in [1.807, 2.05) is 36.4 Å². The average Bonchev–Trinajstić information content (AvgIpc) is 2.84. The van der Waals surface area contributed by atoms with E-state index in [-0.39, 0.29) is 12.3 Å². The van der Waals surface area contributed by atoms with E-state index >= 15 is 0 Å². The van der Waals surface area contributed by atoms with Crippen molar-refractivity contribution in [3.63, 3.8) is 0 Å². The van der Waals surface area contributed by atoms with E-state index in [4.69, 9.17) is 4.74 Å². The zero-order valence-electron chi connectivity index (χ0n) is 14.4. The van der Waals surface area contributed by atoms with Crippen molar-refractivity contribution in [2.75, 3.05) is 31.0 Å². The molecule has 0 aromatic heterocycles. The van der Waals surface area contributed by atoms with Crippen LogP contribution in [0.1, 0.15) is 12.0 Å². The number of fused-ring (bicyclic) bond motifs is 1. The monoisotopic (exact) mass is 340 g/mol. The highest BCUT2D eigenvalue weighted by atomic mass is 16.5. The van der Waals surface area contributed by atoms with Crippen LogP contribution in [0, 0.1) is 0 Å². The minimum atomic E-state index is -1.29. The van der Waals surface area contributed by atoms with Crippen LogP contribution in [0.3, 0.4) is 0 Å². The summed E-state index contributed by atoms with van der Waals surface area (Å²) in [5.41, 5.74) is 0.879. The number of aliphatic carboxylic acids is 1. The van der Waals surface area contributed by atoms with E-state index in [2.05, 4.69) is 0 Å². The van der Waals surface area contributed by atoms with Crippen LogP contribution in [-0.2, 0) is 15.1 Å². The fraction of sp³-hybridized carbons (Fsp3) is 0.263. The molecular formula is C19H20N2O4. The molecule has 1 N–H and O–H groups in total. The van der Waals surface area contributed by atoms with Crippen LogP contribution in [0.4, 0.5) is 11.4 Å². The van der Waals surface area contributed by atoms with E-state index < -0.39 is 11.5 Å². The van der Waals surface area contributed by atoms with Gasteiger partial charge in [-0.05, 0) is 30.3 Å². The van der Waals surface area contributed by atoms with E-state index in [0.717, 1.165) is 11.4 Å². The number of carboxylic acids is 1. The number of carbonyl (C=O) groups is 2. The van der Waals surface area contributed by atoms with E-state index in [1.54, 1.807) is 38.2 Å². The number of ether oxygens (including phenoxy) is 1. The SMILES string of the molecule is COc1ccc(N(C)C2(CC(=O)O)C(=O)N(C)c3ccccc32)cc1. The number of amides is 1. The number of benzene rings is 2. The number of carboxylic acid groups (broad SMARTS) is 1. The minimum Gasteiger partial charge on any atom is -0.497 e. The first kappa shape index (κ1) is 16.8. The van der Waals surface area contributed by atoms with E-state index in [0.29, 0.717) is 11.3 Å². The average molecular weight is 340 g/mol. The molecule has 0 saturated heterocycles. The van der Waals surface area contributed by atoms with Gasteiger partial charge in [-0.25, -0.2) is 0 Å². The number of likely N-dealkylation sites (N-methyl/N-ethyl adjacent to an activating group) is 2. The molecule has 1 aliphatic heterocycles. The summed E-state index contributed by atoms with van der Waals surface area (Å²) in [6, 6.07) is 14.5. The van der Waals surface area contributed by atoms with Crippen molar-refractivity contribution in [2.24, 2.45) is 0 Å². The summed E-state index contributed by atoms with van der Waals surface area (Å²) in [5.74, 6) is -0.590. The van der Waals surface area contributed by atoms with Crippen molar-refractivity contribution in [2.45, 2.75) is 12.0 Å². The molecule has 1 unspecified atom stereocenters. The lowest BCUT2D eigenvalue weighted by Crippen LogP contribution is -2.52. The second-order valence-corrected chi connectivity index (χ2v) is 6.07. The van der Waals surface area contributed by atoms with Crippen molar-refractivity contribution in [1.29, 1.82) is 0 Å². The van der Waals surface area contributed by atoms with Crippen molar-refractivity contribution < 1.29 is 19.4 Å². The molecule has 1 amide bonds. The smallest absolute Gasteiger partial charge is 0.306 e. The zero-order valence-corrected chi connectivity index (χ0v) is 14.4. The quantitative estimate of drug-likeness (QED) is 0.905. The van der Waals surface area contributed by atoms with E-state index in [1.165, 1.54) is 4.90 Å². The fourth-order valence-corrected chi connectivity index (χ4v) is 3.48. The molecule has 1 aliphatic rings. The molecule has 130 valence electrons. The number of methoxy groups -OCH3 is 1. The highest BCUT2D eigenvalue weighted by molar-refractivity contribution is 6.11. The Hall–Kier alpha value is -3.02. The van der Waals surface area contributed by atoms with Crippen molar-refractivity contribution >= 4 is 23.3 Å². The number of hydrogen-bond donors (Lipinski definition) is 1. The van der Waals surface area contributed by atoms with Gasteiger partial charge in [-0.1, -0.05) is 18.2 Å². The lowest BCUT2D eigenvalue weighted by molar-refractivity contribution is -0.141. The molecule has 6 heteroatoms. The number of anilines is 2. The lowest BCUT2D eigenvalue weighted by atomic mass is 9.85. The largest absolute Gasteiger partial charge is 0.497 e. The maximum absolute atomic E-state index is 13.2. The Morgan fingerprint density at radius 1 is 1.20 bits per heavy atom. The van der Waals surface area contributed by atoms with Crippen LogP contribution < -0.4 is 14.5 Å². The molecule has 1 heterocycles. The van der Waals surface area contributed by atoms with Crippen molar-refractivity contribution in [3.8, 4) is 5.75 Å². The second-order valence-electron chi connectivity index (χ2n) is 6.07. The number of para-hydroxylation sites is 1. The zero-order chi connectivity index (χ0) is 18.2. The summed E-state index contributed by atoms with van der Waals surface area (Å²) >= 11 is 0. The van der Waals surface area contributed by atoms with Crippen LogP contribution in [0.25, 0.3) is 0 Å². The normalized spacial score (nSPS) is 18.8. The maximum atomic E-state index is 13.2. The first-order valence-corrected chi connectivity index (χ1v) is 7.89. The number of hydrogen-bond acceptors (Lipinski definition) is 4. The summed E-state index contributed by atoms with van der Waals surface area (Å²) in [6.45, 7) is 0. The fourth-order valence-electron chi connectivity index (χ4n) is 3.48. The van der Waals surface area contributed by atoms with Gasteiger partial charge < -0.3 is 19.6 Å². The maximum Gasteiger partial charge on any atom is 0.306 e. The van der Waals surface area contributed by atoms with E-state index in [9.17, 15) is 14.7 Å². The van der Waals surface area contributed by atoms with Crippen LogP contribution >= 0.6 is 0 Å². The number of carbonyl (C=O) groups excluding carboxylic acids is 1. The standard InChI is InChI=1S/C19H20N2O4/c1-20-16-7-5-4-6-15(16)19(18(20)24,12-17(22)23)21(2)13-8-10-14(25-3)11-9-13/h4-11H,12H2,1-3H3,(H,22,23). The molecule has 2 aromatic carbocycles. The first-order valence-electron chi connectivity index (χ1n) is 7.89. The van der Waals surface area contributed by atoms with Gasteiger partial charge in [0.15, 0.2) is 5.54 Å². The Morgan fingerprint density at radius 2 is 1.84 bits per heavy atom. The van der Waals surface area contributed by atoms with Crippen LogP contribution in [0.5, 0.6) is 5.75 Å². The molecule has 0 spiro atoms. The highest BCUT2D eigenvalue weighted by Gasteiger charge is 2.54. The Kier molecular flexibility index (Phi) is 4.12. The Labute approximate surface area is 146 Å². The van der Waals surface area contributed by atoms with Crippen molar-refractivity contribution in [3.05, 3.63) is 54.1 Å². The van der Waals surface area contributed by atoms with Crippen LogP contribution in [-0.4, -0.2) is 38.2 Å². The summed E-state index contributed by atoms with van der Waals surface area (Å²) in [6.07, 6.45) is -0.324. The van der Waals surface area contributed by atoms with Gasteiger partial charge in [-0.3, -0.25) is 9.59 Å². The molecule has 0 bridgehead atoms. The molecule has 0 fully saturated rings. The topological polar surface area (TPSA) is 70.1 Å². The lowest BCUT2D eigenvalue weighted by Gasteiger charge is -2.38. The summed E-state index contributed by atoms with van der Waals surface area (Å²) < 4.78 is 5.17. The summed E-state index contributed by atoms with van der Waals surface area (Å²) in [5, 5.41) is 9.53. The first-order chi connectivity index (χ1) is 11.9. The molecule has 0 saturated carbocycles. The third-order valence-corrected chi connectivity index (χ3v) is 4.81. The van der Waals surface area contributed by atoms with Crippen LogP contribution in [0.15, 0.2) is 48.5 Å². The molecular weight excluding hydrogens is 320 g/mol. The van der Waals surface area contributed by atoms with Crippen LogP contribution in [0.2, 0.25) is 0 Å². The molecule has 1 atom stereocenters. The highest BCUT2D eigenvalue weighted by Crippen LogP contribution is 2.46. The third-order valence-electron chi connectivity index (χ3n) is 4.81. The summed E-state index contributed by atoms with van der Waals surface area (Å²) in [7, 11) is 5.00.